The van der Waals surface area contributed by atoms with Gasteiger partial charge in [0.15, 0.2) is 0 Å². The van der Waals surface area contributed by atoms with Gasteiger partial charge >= 0.3 is 0 Å². The summed E-state index contributed by atoms with van der Waals surface area (Å²) in [6.45, 7) is 1.99. The fraction of sp³-hybridized carbons (Fsp3) is 0.400. The number of hydrazine groups is 1. The van der Waals surface area contributed by atoms with Crippen molar-refractivity contribution in [3.8, 4) is 0 Å². The summed E-state index contributed by atoms with van der Waals surface area (Å²) in [4.78, 5) is 5.40. The molecule has 0 fully saturated rings. The van der Waals surface area contributed by atoms with Crippen LogP contribution in [-0.4, -0.2) is 14.8 Å². The van der Waals surface area contributed by atoms with Crippen molar-refractivity contribution < 1.29 is 0 Å². The second kappa shape index (κ2) is 4.73. The molecule has 0 aliphatic heterocycles. The molecule has 2 aromatic rings. The number of nitrogens with zero attached hydrogens (tertiary/aromatic N) is 3. The molecular weight excluding hydrogens is 222 g/mol. The summed E-state index contributed by atoms with van der Waals surface area (Å²) in [6, 6.07) is 2.09. The van der Waals surface area contributed by atoms with E-state index in [4.69, 9.17) is 5.84 Å². The number of thiazole rings is 1. The van der Waals surface area contributed by atoms with Crippen molar-refractivity contribution in [2.75, 3.05) is 0 Å². The summed E-state index contributed by atoms with van der Waals surface area (Å²) in [5.74, 6) is 5.58. The zero-order chi connectivity index (χ0) is 11.5. The number of nitrogens with one attached hydrogen (secondary N) is 1. The van der Waals surface area contributed by atoms with Gasteiger partial charge in [0, 0.05) is 24.5 Å². The molecule has 0 amide bonds. The van der Waals surface area contributed by atoms with Gasteiger partial charge in [0.1, 0.15) is 0 Å². The zero-order valence-corrected chi connectivity index (χ0v) is 10.2. The molecule has 0 aliphatic carbocycles. The number of aromatic nitrogens is 3. The van der Waals surface area contributed by atoms with Crippen LogP contribution in [0.5, 0.6) is 0 Å². The molecule has 3 N–H and O–H groups in total. The quantitative estimate of drug-likeness (QED) is 0.613. The van der Waals surface area contributed by atoms with Gasteiger partial charge in [0.05, 0.1) is 22.9 Å². The molecule has 2 aromatic heterocycles. The third-order valence-electron chi connectivity index (χ3n) is 2.48. The lowest BCUT2D eigenvalue weighted by Gasteiger charge is -2.13. The highest BCUT2D eigenvalue weighted by molar-refractivity contribution is 7.09. The lowest BCUT2D eigenvalue weighted by Crippen LogP contribution is -2.29. The Hall–Kier alpha value is -1.24. The highest BCUT2D eigenvalue weighted by atomic mass is 32.1. The van der Waals surface area contributed by atoms with E-state index in [1.807, 2.05) is 31.7 Å². The molecule has 5 nitrogen and oxygen atoms in total. The van der Waals surface area contributed by atoms with Crippen LogP contribution in [-0.2, 0) is 13.5 Å². The predicted octanol–water partition coefficient (Wildman–Crippen LogP) is 0.932. The second-order valence-electron chi connectivity index (χ2n) is 3.71. The second-order valence-corrected chi connectivity index (χ2v) is 4.59. The van der Waals surface area contributed by atoms with E-state index >= 15 is 0 Å². The molecule has 1 unspecified atom stereocenters. The topological polar surface area (TPSA) is 68.8 Å². The minimum atomic E-state index is 0.0856. The van der Waals surface area contributed by atoms with Crippen LogP contribution in [0.4, 0.5) is 0 Å². The van der Waals surface area contributed by atoms with Gasteiger partial charge in [-0.2, -0.15) is 5.10 Å². The summed E-state index contributed by atoms with van der Waals surface area (Å²) in [7, 11) is 1.91. The summed E-state index contributed by atoms with van der Waals surface area (Å²) in [5, 5.41) is 4.34. The molecule has 0 saturated heterocycles. The average Bonchev–Trinajstić information content (AvgIpc) is 2.84. The van der Waals surface area contributed by atoms with Crippen LogP contribution in [0.25, 0.3) is 0 Å². The maximum absolute atomic E-state index is 5.58. The predicted molar refractivity (Wildman–Crippen MR) is 63.8 cm³/mol. The number of nitrogens with two attached hydrogens (primary N) is 1. The van der Waals surface area contributed by atoms with Crippen LogP contribution in [0.1, 0.15) is 22.3 Å². The Morgan fingerprint density at radius 2 is 2.44 bits per heavy atom. The number of hydrogen-bond donors (Lipinski definition) is 2. The van der Waals surface area contributed by atoms with Crippen molar-refractivity contribution in [1.82, 2.24) is 20.2 Å². The van der Waals surface area contributed by atoms with E-state index in [1.165, 1.54) is 4.88 Å². The molecule has 1 atom stereocenters. The molecule has 0 aliphatic rings. The highest BCUT2D eigenvalue weighted by Gasteiger charge is 2.16. The van der Waals surface area contributed by atoms with Gasteiger partial charge in [-0.25, -0.2) is 4.98 Å². The molecule has 0 radical (unpaired) electrons. The Labute approximate surface area is 98.3 Å². The van der Waals surface area contributed by atoms with Crippen LogP contribution in [0.3, 0.4) is 0 Å². The Morgan fingerprint density at radius 1 is 1.62 bits per heavy atom. The van der Waals surface area contributed by atoms with Gasteiger partial charge in [-0.3, -0.25) is 16.0 Å². The average molecular weight is 237 g/mol. The van der Waals surface area contributed by atoms with E-state index in [0.717, 1.165) is 17.8 Å². The lowest BCUT2D eigenvalue weighted by molar-refractivity contribution is 0.546. The first-order valence-corrected chi connectivity index (χ1v) is 5.93. The largest absolute Gasteiger partial charge is 0.276 e. The number of hydrogen-bond acceptors (Lipinski definition) is 5. The fourth-order valence-electron chi connectivity index (χ4n) is 1.65. The van der Waals surface area contributed by atoms with Crippen LogP contribution >= 0.6 is 11.3 Å². The first-order valence-electron chi connectivity index (χ1n) is 5.05. The Morgan fingerprint density at radius 3 is 2.94 bits per heavy atom. The van der Waals surface area contributed by atoms with Crippen molar-refractivity contribution in [3.05, 3.63) is 34.0 Å². The van der Waals surface area contributed by atoms with Crippen molar-refractivity contribution in [3.63, 3.8) is 0 Å². The smallest absolute Gasteiger partial charge is 0.0798 e. The minimum absolute atomic E-state index is 0.0856. The Balaban J connectivity index is 2.15. The molecular formula is C10H15N5S. The van der Waals surface area contributed by atoms with Gasteiger partial charge in [0.2, 0.25) is 0 Å². The maximum Gasteiger partial charge on any atom is 0.0798 e. The van der Waals surface area contributed by atoms with Gasteiger partial charge in [-0.15, -0.1) is 11.3 Å². The van der Waals surface area contributed by atoms with E-state index in [9.17, 15) is 0 Å². The monoisotopic (exact) mass is 237 g/mol. The molecule has 86 valence electrons. The lowest BCUT2D eigenvalue weighted by atomic mass is 10.1. The van der Waals surface area contributed by atoms with E-state index < -0.39 is 0 Å². The maximum atomic E-state index is 5.58. The van der Waals surface area contributed by atoms with Gasteiger partial charge in [-0.1, -0.05) is 0 Å². The molecule has 2 heterocycles. The molecule has 0 bridgehead atoms. The summed E-state index contributed by atoms with van der Waals surface area (Å²) >= 11 is 1.62. The van der Waals surface area contributed by atoms with Crippen LogP contribution in [0.2, 0.25) is 0 Å². The van der Waals surface area contributed by atoms with Gasteiger partial charge in [0.25, 0.3) is 0 Å². The third kappa shape index (κ3) is 2.29. The van der Waals surface area contributed by atoms with E-state index in [2.05, 4.69) is 15.5 Å². The minimum Gasteiger partial charge on any atom is -0.276 e. The van der Waals surface area contributed by atoms with Crippen molar-refractivity contribution >= 4 is 11.3 Å². The van der Waals surface area contributed by atoms with Gasteiger partial charge < -0.3 is 0 Å². The van der Waals surface area contributed by atoms with Gasteiger partial charge in [-0.05, 0) is 13.0 Å². The molecule has 6 heteroatoms. The van der Waals surface area contributed by atoms with E-state index in [0.29, 0.717) is 0 Å². The standard InChI is InChI=1S/C10H15N5S/c1-7-10(16-6-12-7)9(13-11)5-8-3-4-15(2)14-8/h3-4,6,9,13H,5,11H2,1-2H3. The first kappa shape index (κ1) is 11.3. The third-order valence-corrected chi connectivity index (χ3v) is 3.53. The Kier molecular flexibility index (Phi) is 3.33. The van der Waals surface area contributed by atoms with Crippen molar-refractivity contribution in [1.29, 1.82) is 0 Å². The van der Waals surface area contributed by atoms with Crippen LogP contribution < -0.4 is 11.3 Å². The molecule has 2 rings (SSSR count). The Bertz CT molecular complexity index is 461. The summed E-state index contributed by atoms with van der Waals surface area (Å²) in [6.07, 6.45) is 2.71. The van der Waals surface area contributed by atoms with Crippen LogP contribution in [0, 0.1) is 6.92 Å². The molecule has 0 spiro atoms. The normalized spacial score (nSPS) is 12.9. The molecule has 16 heavy (non-hydrogen) atoms. The fourth-order valence-corrected chi connectivity index (χ4v) is 2.52. The van der Waals surface area contributed by atoms with Crippen LogP contribution in [0.15, 0.2) is 17.8 Å². The summed E-state index contributed by atoms with van der Waals surface area (Å²) in [5.41, 5.74) is 6.72. The summed E-state index contributed by atoms with van der Waals surface area (Å²) < 4.78 is 1.79. The number of rotatable bonds is 4. The van der Waals surface area contributed by atoms with Crippen molar-refractivity contribution in [2.24, 2.45) is 12.9 Å². The number of aryl methyl sites for hydroxylation is 2. The van der Waals surface area contributed by atoms with Crippen molar-refractivity contribution in [2.45, 2.75) is 19.4 Å². The SMILES string of the molecule is Cc1ncsc1C(Cc1ccn(C)n1)NN. The zero-order valence-electron chi connectivity index (χ0n) is 9.34. The first-order chi connectivity index (χ1) is 7.70. The molecule has 0 aromatic carbocycles. The van der Waals surface area contributed by atoms with E-state index in [-0.39, 0.29) is 6.04 Å². The molecule has 0 saturated carbocycles. The highest BCUT2D eigenvalue weighted by Crippen LogP contribution is 2.23. The van der Waals surface area contributed by atoms with E-state index in [1.54, 1.807) is 16.0 Å².